The number of aliphatic imine (C=N–C) groups is 1. The number of amidine groups is 1. The summed E-state index contributed by atoms with van der Waals surface area (Å²) in [7, 11) is 0. The number of carboxylic acids is 1. The molecule has 0 aromatic carbocycles. The number of aliphatic hydroxyl groups is 1. The van der Waals surface area contributed by atoms with Crippen LogP contribution in [0.2, 0.25) is 0 Å². The van der Waals surface area contributed by atoms with Crippen LogP contribution in [0.5, 0.6) is 0 Å². The van der Waals surface area contributed by atoms with Crippen molar-refractivity contribution in [3.63, 3.8) is 0 Å². The first-order chi connectivity index (χ1) is 14.0. The van der Waals surface area contributed by atoms with Crippen molar-refractivity contribution in [1.82, 2.24) is 20.5 Å². The van der Waals surface area contributed by atoms with Crippen molar-refractivity contribution in [2.45, 2.75) is 32.0 Å². The lowest BCUT2D eigenvalue weighted by atomic mass is 9.82. The van der Waals surface area contributed by atoms with Crippen LogP contribution < -0.4 is 10.6 Å². The Hall–Kier alpha value is -2.78. The molecular weight excluding hydrogens is 374 g/mol. The van der Waals surface area contributed by atoms with E-state index in [1.165, 1.54) is 4.90 Å². The molecule has 1 unspecified atom stereocenters. The number of carboxylic acid groups (broad SMARTS) is 1. The first-order valence-corrected chi connectivity index (χ1v) is 9.81. The summed E-state index contributed by atoms with van der Waals surface area (Å²) in [4.78, 5) is 34.2. The molecule has 29 heavy (non-hydrogen) atoms. The zero-order valence-electron chi connectivity index (χ0n) is 16.2. The Morgan fingerprint density at radius 2 is 2.28 bits per heavy atom. The summed E-state index contributed by atoms with van der Waals surface area (Å²) in [5, 5.41) is 26.1. The third kappa shape index (κ3) is 3.63. The summed E-state index contributed by atoms with van der Waals surface area (Å²) in [5.74, 6) is -1.15. The van der Waals surface area contributed by atoms with E-state index >= 15 is 0 Å². The molecule has 0 saturated carbocycles. The van der Waals surface area contributed by atoms with Crippen LogP contribution in [0.15, 0.2) is 40.8 Å². The van der Waals surface area contributed by atoms with Gasteiger partial charge in [-0.05, 0) is 30.5 Å². The fourth-order valence-electron chi connectivity index (χ4n) is 4.43. The van der Waals surface area contributed by atoms with Gasteiger partial charge in [-0.1, -0.05) is 6.07 Å². The van der Waals surface area contributed by atoms with E-state index in [1.54, 1.807) is 13.1 Å². The maximum atomic E-state index is 12.3. The summed E-state index contributed by atoms with van der Waals surface area (Å²) in [6.45, 7) is 3.91. The minimum Gasteiger partial charge on any atom is -0.477 e. The van der Waals surface area contributed by atoms with Crippen molar-refractivity contribution in [2.24, 2.45) is 16.8 Å². The molecule has 0 bridgehead atoms. The van der Waals surface area contributed by atoms with E-state index in [9.17, 15) is 19.8 Å². The van der Waals surface area contributed by atoms with E-state index in [2.05, 4.69) is 20.6 Å². The molecule has 4 rings (SSSR count). The van der Waals surface area contributed by atoms with Gasteiger partial charge in [-0.25, -0.2) is 4.79 Å². The van der Waals surface area contributed by atoms with E-state index in [0.29, 0.717) is 32.6 Å². The number of nitrogens with zero attached hydrogens (tertiary/aromatic N) is 3. The second-order valence-corrected chi connectivity index (χ2v) is 7.76. The number of aliphatic carboxylic acids is 1. The highest BCUT2D eigenvalue weighted by molar-refractivity contribution is 5.99. The molecule has 1 aromatic rings. The van der Waals surface area contributed by atoms with Gasteiger partial charge in [-0.3, -0.25) is 14.8 Å². The van der Waals surface area contributed by atoms with Gasteiger partial charge in [-0.2, -0.15) is 0 Å². The number of carbonyl (C=O) groups is 2. The van der Waals surface area contributed by atoms with E-state index in [-0.39, 0.29) is 23.6 Å². The Labute approximate surface area is 168 Å². The molecule has 3 aliphatic heterocycles. The van der Waals surface area contributed by atoms with Crippen molar-refractivity contribution in [3.8, 4) is 0 Å². The van der Waals surface area contributed by atoms with E-state index < -0.39 is 18.0 Å². The maximum absolute atomic E-state index is 12.3. The lowest BCUT2D eigenvalue weighted by Gasteiger charge is -2.44. The number of fused-ring (bicyclic) bond motifs is 1. The number of nitrogens with one attached hydrogen (secondary N) is 2. The Morgan fingerprint density at radius 3 is 2.90 bits per heavy atom. The molecule has 0 radical (unpaired) electrons. The molecular formula is C20H25N5O4. The average molecular weight is 399 g/mol. The van der Waals surface area contributed by atoms with E-state index in [0.717, 1.165) is 17.0 Å². The standard InChI is InChI=1S/C20H25N5O4/c1-11(26)17-15-5-14(18(20(28)29)25(15)19(17)27)13-8-23-16(24-9-13)10-22-7-12-3-2-4-21-6-12/h2-4,6,11,13,15,17,22,26H,5,7-10H2,1H3,(H,23,24)(H,28,29)/t11-,15-,17-/m1/s1. The number of hydrogen-bond acceptors (Lipinski definition) is 7. The van der Waals surface area contributed by atoms with Gasteiger partial charge in [0.15, 0.2) is 0 Å². The third-order valence-corrected chi connectivity index (χ3v) is 5.86. The first-order valence-electron chi connectivity index (χ1n) is 9.81. The topological polar surface area (TPSA) is 127 Å². The smallest absolute Gasteiger partial charge is 0.352 e. The fraction of sp³-hybridized carbons (Fsp3) is 0.500. The summed E-state index contributed by atoms with van der Waals surface area (Å²) < 4.78 is 0. The molecule has 1 aromatic heterocycles. The van der Waals surface area contributed by atoms with Crippen molar-refractivity contribution < 1.29 is 19.8 Å². The summed E-state index contributed by atoms with van der Waals surface area (Å²) >= 11 is 0. The largest absolute Gasteiger partial charge is 0.477 e. The molecule has 0 spiro atoms. The lowest BCUT2D eigenvalue weighted by Crippen LogP contribution is -2.61. The van der Waals surface area contributed by atoms with Gasteiger partial charge in [0.2, 0.25) is 5.91 Å². The quantitative estimate of drug-likeness (QED) is 0.465. The Balaban J connectivity index is 1.38. The molecule has 1 fully saturated rings. The molecule has 4 atom stereocenters. The summed E-state index contributed by atoms with van der Waals surface area (Å²) in [6.07, 6.45) is 3.25. The summed E-state index contributed by atoms with van der Waals surface area (Å²) in [5.41, 5.74) is 1.92. The van der Waals surface area contributed by atoms with Gasteiger partial charge in [0.05, 0.1) is 24.6 Å². The minimum absolute atomic E-state index is 0.0729. The maximum Gasteiger partial charge on any atom is 0.352 e. The average Bonchev–Trinajstić information content (AvgIpc) is 3.04. The fourth-order valence-corrected chi connectivity index (χ4v) is 4.43. The van der Waals surface area contributed by atoms with Gasteiger partial charge < -0.3 is 25.7 Å². The van der Waals surface area contributed by atoms with Crippen LogP contribution in [0.4, 0.5) is 0 Å². The van der Waals surface area contributed by atoms with Crippen molar-refractivity contribution in [2.75, 3.05) is 19.6 Å². The van der Waals surface area contributed by atoms with Crippen LogP contribution in [0, 0.1) is 11.8 Å². The highest BCUT2D eigenvalue weighted by Crippen LogP contribution is 2.45. The van der Waals surface area contributed by atoms with Crippen LogP contribution >= 0.6 is 0 Å². The Morgan fingerprint density at radius 1 is 1.45 bits per heavy atom. The SMILES string of the molecule is C[C@@H](O)[C@H]1C(=O)N2C(C(=O)O)=C(C3CN=C(CNCc4cccnc4)NC3)C[C@H]12. The molecule has 4 heterocycles. The number of carbonyl (C=O) groups excluding carboxylic acids is 1. The molecule has 154 valence electrons. The number of aliphatic hydroxyl groups excluding tert-OH is 1. The van der Waals surface area contributed by atoms with Crippen LogP contribution in [0.3, 0.4) is 0 Å². The predicted octanol–water partition coefficient (Wildman–Crippen LogP) is -0.261. The van der Waals surface area contributed by atoms with Crippen LogP contribution in [-0.4, -0.2) is 69.6 Å². The number of pyridine rings is 1. The first kappa shape index (κ1) is 19.5. The third-order valence-electron chi connectivity index (χ3n) is 5.86. The number of hydrogen-bond donors (Lipinski definition) is 4. The Kier molecular flexibility index (Phi) is 5.33. The monoisotopic (exact) mass is 399 g/mol. The van der Waals surface area contributed by atoms with Gasteiger partial charge >= 0.3 is 5.97 Å². The van der Waals surface area contributed by atoms with Gasteiger partial charge in [0.1, 0.15) is 11.5 Å². The zero-order valence-corrected chi connectivity index (χ0v) is 16.2. The van der Waals surface area contributed by atoms with Gasteiger partial charge in [0, 0.05) is 37.9 Å². The minimum atomic E-state index is -1.09. The molecule has 1 saturated heterocycles. The number of rotatable bonds is 7. The molecule has 1 amide bonds. The normalized spacial score (nSPS) is 27.1. The molecule has 9 heteroatoms. The predicted molar refractivity (Wildman–Crippen MR) is 105 cm³/mol. The zero-order chi connectivity index (χ0) is 20.5. The number of aromatic nitrogens is 1. The second kappa shape index (κ2) is 7.92. The van der Waals surface area contributed by atoms with Crippen LogP contribution in [0.1, 0.15) is 18.9 Å². The van der Waals surface area contributed by atoms with Crippen molar-refractivity contribution >= 4 is 17.7 Å². The molecule has 0 aliphatic carbocycles. The van der Waals surface area contributed by atoms with Crippen molar-refractivity contribution in [1.29, 1.82) is 0 Å². The van der Waals surface area contributed by atoms with Gasteiger partial charge in [0.25, 0.3) is 0 Å². The van der Waals surface area contributed by atoms with E-state index in [1.807, 2.05) is 18.3 Å². The summed E-state index contributed by atoms with van der Waals surface area (Å²) in [6, 6.07) is 3.64. The molecule has 4 N–H and O–H groups in total. The highest BCUT2D eigenvalue weighted by Gasteiger charge is 2.57. The lowest BCUT2D eigenvalue weighted by molar-refractivity contribution is -0.161. The second-order valence-electron chi connectivity index (χ2n) is 7.76. The van der Waals surface area contributed by atoms with Crippen molar-refractivity contribution in [3.05, 3.63) is 41.4 Å². The van der Waals surface area contributed by atoms with Gasteiger partial charge in [-0.15, -0.1) is 0 Å². The van der Waals surface area contributed by atoms with Crippen LogP contribution in [0.25, 0.3) is 0 Å². The van der Waals surface area contributed by atoms with Crippen LogP contribution in [-0.2, 0) is 16.1 Å². The Bertz CT molecular complexity index is 867. The number of β-lactam (4-membered cyclic amide) rings is 1. The highest BCUT2D eigenvalue weighted by atomic mass is 16.4. The molecule has 3 aliphatic rings. The number of amides is 1. The van der Waals surface area contributed by atoms with E-state index in [4.69, 9.17) is 0 Å². The molecule has 9 nitrogen and oxygen atoms in total.